The molecule has 0 amide bonds. The van der Waals surface area contributed by atoms with Gasteiger partial charge < -0.3 is 15.5 Å². The molecule has 106 valence electrons. The van der Waals surface area contributed by atoms with Gasteiger partial charge in [-0.1, -0.05) is 18.3 Å². The van der Waals surface area contributed by atoms with Crippen LogP contribution in [0.4, 0.5) is 5.69 Å². The highest BCUT2D eigenvalue weighted by Crippen LogP contribution is 2.29. The van der Waals surface area contributed by atoms with Crippen molar-refractivity contribution in [2.75, 3.05) is 11.6 Å². The van der Waals surface area contributed by atoms with Crippen molar-refractivity contribution in [1.29, 1.82) is 0 Å². The topological polar surface area (TPSA) is 64.1 Å². The van der Waals surface area contributed by atoms with Crippen molar-refractivity contribution in [2.24, 2.45) is 5.73 Å². The van der Waals surface area contributed by atoms with E-state index in [-0.39, 0.29) is 6.04 Å². The van der Waals surface area contributed by atoms with Crippen LogP contribution in [0.25, 0.3) is 0 Å². The highest BCUT2D eigenvalue weighted by atomic mass is 32.2. The molecule has 1 heterocycles. The molecular weight excluding hydrogens is 290 g/mol. The van der Waals surface area contributed by atoms with E-state index >= 15 is 0 Å². The maximum Gasteiger partial charge on any atom is 0.216 e. The minimum Gasteiger partial charge on any atom is -0.444 e. The largest absolute Gasteiger partial charge is 0.444 e. The summed E-state index contributed by atoms with van der Waals surface area (Å²) in [5.41, 5.74) is 7.61. The molecule has 6 heteroatoms. The number of benzene rings is 1. The van der Waals surface area contributed by atoms with Crippen LogP contribution in [-0.4, -0.2) is 16.2 Å². The molecule has 1 unspecified atom stereocenters. The Morgan fingerprint density at radius 3 is 2.80 bits per heavy atom. The lowest BCUT2D eigenvalue weighted by Gasteiger charge is -2.17. The van der Waals surface area contributed by atoms with E-state index in [9.17, 15) is 0 Å². The average molecular weight is 307 g/mol. The van der Waals surface area contributed by atoms with E-state index in [1.165, 1.54) is 0 Å². The number of thiocarbonyl (C=S) groups is 1. The summed E-state index contributed by atoms with van der Waals surface area (Å²) >= 11 is 6.78. The lowest BCUT2D eigenvalue weighted by molar-refractivity contribution is 0.453. The number of anilines is 1. The minimum absolute atomic E-state index is 0.0612. The Kier molecular flexibility index (Phi) is 4.67. The zero-order valence-corrected chi connectivity index (χ0v) is 13.3. The van der Waals surface area contributed by atoms with Crippen LogP contribution in [0.2, 0.25) is 0 Å². The molecule has 2 rings (SSSR count). The molecule has 0 radical (unpaired) electrons. The third-order valence-electron chi connectivity index (χ3n) is 2.87. The van der Waals surface area contributed by atoms with Gasteiger partial charge in [0.05, 0.1) is 6.20 Å². The maximum atomic E-state index is 5.85. The molecule has 3 N–H and O–H groups in total. The van der Waals surface area contributed by atoms with Crippen molar-refractivity contribution in [2.45, 2.75) is 24.8 Å². The predicted molar refractivity (Wildman–Crippen MR) is 87.4 cm³/mol. The molecule has 0 spiro atoms. The molecule has 4 nitrogen and oxygen atoms in total. The Hall–Kier alpha value is -1.53. The molecule has 0 fully saturated rings. The van der Waals surface area contributed by atoms with Gasteiger partial charge in [-0.15, -0.1) is 11.8 Å². The van der Waals surface area contributed by atoms with Crippen LogP contribution in [0.3, 0.4) is 0 Å². The molecule has 0 aliphatic carbocycles. The molecule has 0 aliphatic heterocycles. The number of nitrogens with one attached hydrogen (secondary N) is 1. The highest BCUT2D eigenvalue weighted by molar-refractivity contribution is 7.98. The van der Waals surface area contributed by atoms with Gasteiger partial charge in [-0.05, 0) is 32.2 Å². The second-order valence-corrected chi connectivity index (χ2v) is 5.71. The first-order valence-corrected chi connectivity index (χ1v) is 7.82. The predicted octanol–water partition coefficient (Wildman–Crippen LogP) is 3.51. The van der Waals surface area contributed by atoms with E-state index in [1.807, 2.05) is 38.3 Å². The van der Waals surface area contributed by atoms with E-state index in [4.69, 9.17) is 22.4 Å². The number of hydrogen-bond donors (Lipinski definition) is 2. The maximum absolute atomic E-state index is 5.85. The SMILES string of the molecule is CSc1cccc(NC(C)c2ncc(C)o2)c1C(N)=S. The molecular formula is C14H17N3OS2. The Balaban J connectivity index is 2.31. The lowest BCUT2D eigenvalue weighted by Crippen LogP contribution is -2.16. The van der Waals surface area contributed by atoms with E-state index in [0.717, 1.165) is 21.9 Å². The van der Waals surface area contributed by atoms with Gasteiger partial charge in [-0.3, -0.25) is 0 Å². The first kappa shape index (κ1) is 14.9. The van der Waals surface area contributed by atoms with E-state index in [2.05, 4.69) is 10.3 Å². The van der Waals surface area contributed by atoms with Crippen LogP contribution < -0.4 is 11.1 Å². The van der Waals surface area contributed by atoms with Crippen molar-refractivity contribution in [3.63, 3.8) is 0 Å². The lowest BCUT2D eigenvalue weighted by atomic mass is 10.1. The van der Waals surface area contributed by atoms with Crippen molar-refractivity contribution >= 4 is 34.7 Å². The summed E-state index contributed by atoms with van der Waals surface area (Å²) in [7, 11) is 0. The number of aromatic nitrogens is 1. The number of hydrogen-bond acceptors (Lipinski definition) is 5. The molecule has 1 aromatic heterocycles. The summed E-state index contributed by atoms with van der Waals surface area (Å²) in [6.45, 7) is 3.86. The van der Waals surface area contributed by atoms with Gasteiger partial charge in [0.25, 0.3) is 0 Å². The van der Waals surface area contributed by atoms with Crippen LogP contribution in [-0.2, 0) is 0 Å². The van der Waals surface area contributed by atoms with E-state index < -0.39 is 0 Å². The van der Waals surface area contributed by atoms with Crippen LogP contribution in [0.15, 0.2) is 33.7 Å². The summed E-state index contributed by atoms with van der Waals surface area (Å²) in [5, 5.41) is 3.36. The smallest absolute Gasteiger partial charge is 0.216 e. The van der Waals surface area contributed by atoms with Crippen LogP contribution in [0.5, 0.6) is 0 Å². The molecule has 2 aromatic rings. The second-order valence-electron chi connectivity index (χ2n) is 4.42. The van der Waals surface area contributed by atoms with Crippen molar-refractivity contribution in [1.82, 2.24) is 4.98 Å². The fraction of sp³-hybridized carbons (Fsp3) is 0.286. The van der Waals surface area contributed by atoms with Gasteiger partial charge in [0, 0.05) is 16.1 Å². The normalized spacial score (nSPS) is 12.2. The molecule has 0 saturated carbocycles. The number of nitrogens with two attached hydrogens (primary N) is 1. The Morgan fingerprint density at radius 1 is 1.50 bits per heavy atom. The summed E-state index contributed by atoms with van der Waals surface area (Å²) in [6.07, 6.45) is 3.71. The molecule has 0 aliphatic rings. The van der Waals surface area contributed by atoms with Crippen LogP contribution in [0.1, 0.15) is 30.2 Å². The van der Waals surface area contributed by atoms with Crippen LogP contribution in [0, 0.1) is 6.92 Å². The second kappa shape index (κ2) is 6.28. The first-order valence-electron chi connectivity index (χ1n) is 6.18. The number of rotatable bonds is 5. The van der Waals surface area contributed by atoms with Crippen LogP contribution >= 0.6 is 24.0 Å². The molecule has 1 atom stereocenters. The number of oxazole rings is 1. The molecule has 0 saturated heterocycles. The summed E-state index contributed by atoms with van der Waals surface area (Å²) in [6, 6.07) is 5.88. The zero-order chi connectivity index (χ0) is 14.7. The first-order chi connectivity index (χ1) is 9.52. The van der Waals surface area contributed by atoms with Gasteiger partial charge in [0.1, 0.15) is 16.8 Å². The molecule has 20 heavy (non-hydrogen) atoms. The van der Waals surface area contributed by atoms with E-state index in [1.54, 1.807) is 18.0 Å². The van der Waals surface area contributed by atoms with Gasteiger partial charge in [-0.25, -0.2) is 4.98 Å². The average Bonchev–Trinajstić information content (AvgIpc) is 2.84. The number of aryl methyl sites for hydroxylation is 1. The number of thioether (sulfide) groups is 1. The van der Waals surface area contributed by atoms with Crippen molar-refractivity contribution in [3.05, 3.63) is 41.6 Å². The Morgan fingerprint density at radius 2 is 2.25 bits per heavy atom. The zero-order valence-electron chi connectivity index (χ0n) is 11.6. The van der Waals surface area contributed by atoms with Crippen molar-refractivity contribution < 1.29 is 4.42 Å². The van der Waals surface area contributed by atoms with Gasteiger partial charge in [-0.2, -0.15) is 0 Å². The monoisotopic (exact) mass is 307 g/mol. The molecule has 1 aromatic carbocycles. The number of nitrogens with zero attached hydrogens (tertiary/aromatic N) is 1. The third-order valence-corrected chi connectivity index (χ3v) is 3.86. The van der Waals surface area contributed by atoms with E-state index in [0.29, 0.717) is 10.9 Å². The summed E-state index contributed by atoms with van der Waals surface area (Å²) < 4.78 is 5.53. The fourth-order valence-electron chi connectivity index (χ4n) is 1.94. The Labute approximate surface area is 128 Å². The quantitative estimate of drug-likeness (QED) is 0.651. The van der Waals surface area contributed by atoms with Crippen molar-refractivity contribution in [3.8, 4) is 0 Å². The highest BCUT2D eigenvalue weighted by Gasteiger charge is 2.16. The minimum atomic E-state index is -0.0612. The van der Waals surface area contributed by atoms with Gasteiger partial charge >= 0.3 is 0 Å². The van der Waals surface area contributed by atoms with Gasteiger partial charge in [0.2, 0.25) is 5.89 Å². The summed E-state index contributed by atoms with van der Waals surface area (Å²) in [4.78, 5) is 5.67. The fourth-order valence-corrected chi connectivity index (χ4v) is 2.87. The Bertz CT molecular complexity index is 625. The third kappa shape index (κ3) is 3.13. The summed E-state index contributed by atoms with van der Waals surface area (Å²) in [5.74, 6) is 1.44. The van der Waals surface area contributed by atoms with Gasteiger partial charge in [0.15, 0.2) is 0 Å². The molecule has 0 bridgehead atoms. The standard InChI is InChI=1S/C14H17N3OS2/c1-8-7-16-14(18-8)9(2)17-10-5-4-6-11(20-3)12(10)13(15)19/h4-7,9,17H,1-3H3,(H2,15,19).